The Morgan fingerprint density at radius 2 is 2.21 bits per heavy atom. The largest absolute Gasteiger partial charge is 0.378 e. The van der Waals surface area contributed by atoms with Gasteiger partial charge in [0.2, 0.25) is 0 Å². The van der Waals surface area contributed by atoms with Gasteiger partial charge in [0.15, 0.2) is 0 Å². The highest BCUT2D eigenvalue weighted by atomic mass is 79.9. The summed E-state index contributed by atoms with van der Waals surface area (Å²) in [4.78, 5) is 14.4. The molecule has 0 aromatic carbocycles. The Bertz CT molecular complexity index is 475. The number of rotatable bonds is 4. The van der Waals surface area contributed by atoms with Gasteiger partial charge < -0.3 is 10.6 Å². The smallest absolute Gasteiger partial charge is 0.311 e. The Hall–Kier alpha value is -1.21. The first kappa shape index (κ1) is 14.2. The van der Waals surface area contributed by atoms with Crippen molar-refractivity contribution in [3.63, 3.8) is 0 Å². The normalized spacial score (nSPS) is 18.0. The highest BCUT2D eigenvalue weighted by molar-refractivity contribution is 9.10. The summed E-state index contributed by atoms with van der Waals surface area (Å²) < 4.78 is 0.624. The molecule has 0 atom stereocenters. The molecule has 2 N–H and O–H groups in total. The molecule has 6 nitrogen and oxygen atoms in total. The van der Waals surface area contributed by atoms with E-state index in [1.165, 1.54) is 6.20 Å². The first-order valence-electron chi connectivity index (χ1n) is 6.24. The first-order chi connectivity index (χ1) is 9.02. The molecule has 1 fully saturated rings. The maximum Gasteiger partial charge on any atom is 0.311 e. The van der Waals surface area contributed by atoms with E-state index >= 15 is 0 Å². The zero-order chi connectivity index (χ0) is 13.9. The van der Waals surface area contributed by atoms with Gasteiger partial charge in [0.25, 0.3) is 0 Å². The number of nitro groups is 1. The van der Waals surface area contributed by atoms with Crippen molar-refractivity contribution in [1.82, 2.24) is 10.3 Å². The third-order valence-corrected chi connectivity index (χ3v) is 4.18. The van der Waals surface area contributed by atoms with Crippen molar-refractivity contribution in [3.05, 3.63) is 27.0 Å². The quantitative estimate of drug-likeness (QED) is 0.655. The Morgan fingerprint density at radius 3 is 2.84 bits per heavy atom. The molecule has 0 aliphatic carbocycles. The van der Waals surface area contributed by atoms with Crippen LogP contribution in [0.1, 0.15) is 19.8 Å². The lowest BCUT2D eigenvalue weighted by atomic mass is 9.81. The van der Waals surface area contributed by atoms with Gasteiger partial charge in [-0.2, -0.15) is 0 Å². The second kappa shape index (κ2) is 5.83. The molecule has 2 rings (SSSR count). The minimum atomic E-state index is -0.412. The van der Waals surface area contributed by atoms with Crippen molar-refractivity contribution in [2.75, 3.05) is 25.0 Å². The standard InChI is InChI=1S/C12H17BrN4O2/c1-12(2-4-14-5-3-12)8-16-11-9(13)6-15-7-10(11)17(18)19/h6-7,14H,2-5,8H2,1H3,(H,15,16). The molecule has 104 valence electrons. The summed E-state index contributed by atoms with van der Waals surface area (Å²) in [6.45, 7) is 4.93. The van der Waals surface area contributed by atoms with E-state index in [0.717, 1.165) is 32.5 Å². The molecule has 0 spiro atoms. The van der Waals surface area contributed by atoms with Gasteiger partial charge in [-0.15, -0.1) is 0 Å². The average Bonchev–Trinajstić information content (AvgIpc) is 2.38. The number of piperidine rings is 1. The number of halogens is 1. The van der Waals surface area contributed by atoms with Gasteiger partial charge in [0, 0.05) is 12.7 Å². The van der Waals surface area contributed by atoms with E-state index in [1.54, 1.807) is 6.20 Å². The third-order valence-electron chi connectivity index (χ3n) is 3.58. The van der Waals surface area contributed by atoms with Crippen LogP contribution in [-0.2, 0) is 0 Å². The minimum absolute atomic E-state index is 0.00640. The zero-order valence-corrected chi connectivity index (χ0v) is 12.4. The van der Waals surface area contributed by atoms with E-state index < -0.39 is 4.92 Å². The van der Waals surface area contributed by atoms with Gasteiger partial charge in [0.1, 0.15) is 11.9 Å². The monoisotopic (exact) mass is 328 g/mol. The van der Waals surface area contributed by atoms with Crippen LogP contribution in [-0.4, -0.2) is 29.5 Å². The topological polar surface area (TPSA) is 80.1 Å². The fourth-order valence-electron chi connectivity index (χ4n) is 2.25. The molecule has 0 bridgehead atoms. The second-order valence-electron chi connectivity index (χ2n) is 5.19. The Morgan fingerprint density at radius 1 is 1.53 bits per heavy atom. The van der Waals surface area contributed by atoms with Crippen LogP contribution < -0.4 is 10.6 Å². The van der Waals surface area contributed by atoms with Crippen molar-refractivity contribution in [2.45, 2.75) is 19.8 Å². The summed E-state index contributed by atoms with van der Waals surface area (Å²) in [5, 5.41) is 17.5. The molecule has 0 saturated carbocycles. The van der Waals surface area contributed by atoms with Crippen LogP contribution >= 0.6 is 15.9 Å². The van der Waals surface area contributed by atoms with Crippen LogP contribution in [0.5, 0.6) is 0 Å². The molecule has 1 aromatic heterocycles. The van der Waals surface area contributed by atoms with Crippen molar-refractivity contribution >= 4 is 27.3 Å². The van der Waals surface area contributed by atoms with Crippen LogP contribution in [0.25, 0.3) is 0 Å². The second-order valence-corrected chi connectivity index (χ2v) is 6.04. The first-order valence-corrected chi connectivity index (χ1v) is 7.04. The van der Waals surface area contributed by atoms with E-state index in [4.69, 9.17) is 0 Å². The lowest BCUT2D eigenvalue weighted by molar-refractivity contribution is -0.384. The van der Waals surface area contributed by atoms with Gasteiger partial charge in [-0.05, 0) is 47.3 Å². The predicted molar refractivity (Wildman–Crippen MR) is 77.3 cm³/mol. The van der Waals surface area contributed by atoms with Crippen molar-refractivity contribution in [1.29, 1.82) is 0 Å². The van der Waals surface area contributed by atoms with Crippen molar-refractivity contribution in [3.8, 4) is 0 Å². The molecular weight excluding hydrogens is 312 g/mol. The van der Waals surface area contributed by atoms with Gasteiger partial charge >= 0.3 is 5.69 Å². The van der Waals surface area contributed by atoms with E-state index in [1.807, 2.05) is 0 Å². The Labute approximate surface area is 120 Å². The molecule has 19 heavy (non-hydrogen) atoms. The summed E-state index contributed by atoms with van der Waals surface area (Å²) in [5.41, 5.74) is 0.689. The third kappa shape index (κ3) is 3.42. The number of aromatic nitrogens is 1. The molecular formula is C12H17BrN4O2. The summed E-state index contributed by atoms with van der Waals surface area (Å²) in [7, 11) is 0. The number of anilines is 1. The lowest BCUT2D eigenvalue weighted by Crippen LogP contribution is -2.39. The summed E-state index contributed by atoms with van der Waals surface area (Å²) in [6, 6.07) is 0. The van der Waals surface area contributed by atoms with Crippen LogP contribution in [0, 0.1) is 15.5 Å². The zero-order valence-electron chi connectivity index (χ0n) is 10.8. The highest BCUT2D eigenvalue weighted by Gasteiger charge is 2.28. The Kier molecular flexibility index (Phi) is 4.36. The van der Waals surface area contributed by atoms with Crippen LogP contribution in [0.2, 0.25) is 0 Å². The minimum Gasteiger partial charge on any atom is -0.378 e. The van der Waals surface area contributed by atoms with E-state index in [2.05, 4.69) is 38.5 Å². The molecule has 0 radical (unpaired) electrons. The van der Waals surface area contributed by atoms with Gasteiger partial charge in [-0.25, -0.2) is 0 Å². The molecule has 1 aliphatic heterocycles. The predicted octanol–water partition coefficient (Wildman–Crippen LogP) is 2.55. The molecule has 2 heterocycles. The SMILES string of the molecule is CC1(CNc2c(Br)cncc2[N+](=O)[O-])CCNCC1. The molecule has 1 aromatic rings. The lowest BCUT2D eigenvalue weighted by Gasteiger charge is -2.34. The van der Waals surface area contributed by atoms with E-state index in [0.29, 0.717) is 10.2 Å². The van der Waals surface area contributed by atoms with Crippen molar-refractivity contribution < 1.29 is 4.92 Å². The van der Waals surface area contributed by atoms with Crippen LogP contribution in [0.4, 0.5) is 11.4 Å². The maximum absolute atomic E-state index is 11.0. The molecule has 7 heteroatoms. The fraction of sp³-hybridized carbons (Fsp3) is 0.583. The van der Waals surface area contributed by atoms with Crippen LogP contribution in [0.3, 0.4) is 0 Å². The van der Waals surface area contributed by atoms with E-state index in [9.17, 15) is 10.1 Å². The number of hydrogen-bond acceptors (Lipinski definition) is 5. The number of nitrogens with one attached hydrogen (secondary N) is 2. The Balaban J connectivity index is 2.12. The van der Waals surface area contributed by atoms with Crippen LogP contribution in [0.15, 0.2) is 16.9 Å². The summed E-state index contributed by atoms with van der Waals surface area (Å²) in [5.74, 6) is 0. The molecule has 0 amide bonds. The van der Waals surface area contributed by atoms with Crippen molar-refractivity contribution in [2.24, 2.45) is 5.41 Å². The van der Waals surface area contributed by atoms with Gasteiger partial charge in [0.05, 0.1) is 9.40 Å². The van der Waals surface area contributed by atoms with E-state index in [-0.39, 0.29) is 11.1 Å². The summed E-state index contributed by atoms with van der Waals surface area (Å²) in [6.07, 6.45) is 4.98. The molecule has 0 unspecified atom stereocenters. The number of pyridine rings is 1. The van der Waals surface area contributed by atoms with Gasteiger partial charge in [-0.3, -0.25) is 15.1 Å². The fourth-order valence-corrected chi connectivity index (χ4v) is 2.71. The van der Waals surface area contributed by atoms with Gasteiger partial charge in [-0.1, -0.05) is 6.92 Å². The molecule has 1 saturated heterocycles. The maximum atomic E-state index is 11.0. The summed E-state index contributed by atoms with van der Waals surface area (Å²) >= 11 is 3.32. The molecule has 1 aliphatic rings. The highest BCUT2D eigenvalue weighted by Crippen LogP contribution is 2.34. The average molecular weight is 329 g/mol. The number of nitrogens with zero attached hydrogens (tertiary/aromatic N) is 2. The number of hydrogen-bond donors (Lipinski definition) is 2.